The Balaban J connectivity index is 2.19. The van der Waals surface area contributed by atoms with Crippen molar-refractivity contribution < 1.29 is 0 Å². The molecule has 0 amide bonds. The van der Waals surface area contributed by atoms with Gasteiger partial charge in [-0.3, -0.25) is 4.99 Å². The maximum Gasteiger partial charge on any atom is 0.100 e. The van der Waals surface area contributed by atoms with E-state index < -0.39 is 0 Å². The highest BCUT2D eigenvalue weighted by atomic mass is 35.5. The Bertz CT molecular complexity index is 713. The Kier molecular flexibility index (Phi) is 7.08. The Morgan fingerprint density at radius 2 is 1.62 bits per heavy atom. The summed E-state index contributed by atoms with van der Waals surface area (Å²) in [6.45, 7) is 6.38. The molecule has 0 saturated carbocycles. The second-order valence-corrected chi connectivity index (χ2v) is 6.82. The van der Waals surface area contributed by atoms with Gasteiger partial charge in [0.2, 0.25) is 0 Å². The highest BCUT2D eigenvalue weighted by Gasteiger charge is 2.10. The standard InChI is InChI=1S/C21H23Cl2N/c1-4-18(14-17-9-6-5-7-10-17)15(2)13-16(3)24-21-19(22)11-8-12-20(21)23/h5-13,18H,4,14H2,1-3H3/b15-13-,24-16?. The summed E-state index contributed by atoms with van der Waals surface area (Å²) in [7, 11) is 0. The van der Waals surface area contributed by atoms with Crippen LogP contribution in [-0.4, -0.2) is 5.71 Å². The smallest absolute Gasteiger partial charge is 0.100 e. The summed E-state index contributed by atoms with van der Waals surface area (Å²) in [6, 6.07) is 16.0. The van der Waals surface area contributed by atoms with Crippen LogP contribution < -0.4 is 0 Å². The fourth-order valence-corrected chi connectivity index (χ4v) is 3.26. The fraction of sp³-hybridized carbons (Fsp3) is 0.286. The number of halogens is 2. The molecule has 0 bridgehead atoms. The van der Waals surface area contributed by atoms with Crippen LogP contribution in [0.1, 0.15) is 32.8 Å². The zero-order valence-corrected chi connectivity index (χ0v) is 15.9. The van der Waals surface area contributed by atoms with Gasteiger partial charge in [0.1, 0.15) is 5.69 Å². The lowest BCUT2D eigenvalue weighted by atomic mass is 9.90. The summed E-state index contributed by atoms with van der Waals surface area (Å²) in [6.07, 6.45) is 4.27. The van der Waals surface area contributed by atoms with Crippen molar-refractivity contribution in [2.24, 2.45) is 10.9 Å². The average molecular weight is 360 g/mol. The highest BCUT2D eigenvalue weighted by molar-refractivity contribution is 6.38. The van der Waals surface area contributed by atoms with Crippen LogP contribution in [0.3, 0.4) is 0 Å². The van der Waals surface area contributed by atoms with Crippen LogP contribution in [-0.2, 0) is 6.42 Å². The van der Waals surface area contributed by atoms with Gasteiger partial charge in [0, 0.05) is 5.71 Å². The van der Waals surface area contributed by atoms with Gasteiger partial charge in [0.15, 0.2) is 0 Å². The Morgan fingerprint density at radius 3 is 2.21 bits per heavy atom. The fourth-order valence-electron chi connectivity index (χ4n) is 2.78. The molecule has 3 heteroatoms. The van der Waals surface area contributed by atoms with Crippen molar-refractivity contribution in [2.45, 2.75) is 33.6 Å². The molecule has 2 rings (SSSR count). The monoisotopic (exact) mass is 359 g/mol. The number of rotatable bonds is 6. The van der Waals surface area contributed by atoms with E-state index in [1.165, 1.54) is 11.1 Å². The first-order valence-corrected chi connectivity index (χ1v) is 8.98. The molecular weight excluding hydrogens is 337 g/mol. The lowest BCUT2D eigenvalue weighted by molar-refractivity contribution is 0.589. The van der Waals surface area contributed by atoms with E-state index in [9.17, 15) is 0 Å². The molecule has 0 aromatic heterocycles. The molecule has 0 saturated heterocycles. The van der Waals surface area contributed by atoms with E-state index in [0.29, 0.717) is 21.7 Å². The third-order valence-electron chi connectivity index (χ3n) is 4.12. The third kappa shape index (κ3) is 5.22. The van der Waals surface area contributed by atoms with Crippen LogP contribution in [0.5, 0.6) is 0 Å². The second kappa shape index (κ2) is 9.05. The maximum absolute atomic E-state index is 6.20. The van der Waals surface area contributed by atoms with Gasteiger partial charge in [-0.2, -0.15) is 0 Å². The first-order valence-electron chi connectivity index (χ1n) is 8.22. The molecule has 126 valence electrons. The molecule has 0 heterocycles. The average Bonchev–Trinajstić information content (AvgIpc) is 2.57. The van der Waals surface area contributed by atoms with E-state index in [1.54, 1.807) is 12.1 Å². The predicted octanol–water partition coefficient (Wildman–Crippen LogP) is 7.30. The number of allylic oxidation sites excluding steroid dienone is 2. The van der Waals surface area contributed by atoms with Gasteiger partial charge < -0.3 is 0 Å². The largest absolute Gasteiger partial charge is 0.251 e. The highest BCUT2D eigenvalue weighted by Crippen LogP contribution is 2.33. The summed E-state index contributed by atoms with van der Waals surface area (Å²) < 4.78 is 0. The molecule has 0 N–H and O–H groups in total. The molecule has 2 aromatic rings. The van der Waals surface area contributed by atoms with Crippen LogP contribution in [0, 0.1) is 5.92 Å². The number of benzene rings is 2. The zero-order valence-electron chi connectivity index (χ0n) is 14.4. The molecular formula is C21H23Cl2N. The molecule has 24 heavy (non-hydrogen) atoms. The van der Waals surface area contributed by atoms with Crippen LogP contribution in [0.2, 0.25) is 10.0 Å². The summed E-state index contributed by atoms with van der Waals surface area (Å²) in [5.74, 6) is 0.499. The first kappa shape index (κ1) is 18.8. The Hall–Kier alpha value is -1.57. The minimum Gasteiger partial charge on any atom is -0.251 e. The Morgan fingerprint density at radius 1 is 1.00 bits per heavy atom. The van der Waals surface area contributed by atoms with Crippen LogP contribution >= 0.6 is 23.2 Å². The van der Waals surface area contributed by atoms with Gasteiger partial charge in [-0.15, -0.1) is 0 Å². The van der Waals surface area contributed by atoms with Gasteiger partial charge in [-0.05, 0) is 56.4 Å². The minimum atomic E-state index is 0.499. The first-order chi connectivity index (χ1) is 11.5. The van der Waals surface area contributed by atoms with Gasteiger partial charge in [0.25, 0.3) is 0 Å². The molecule has 1 atom stereocenters. The van der Waals surface area contributed by atoms with E-state index in [4.69, 9.17) is 23.2 Å². The summed E-state index contributed by atoms with van der Waals surface area (Å²) >= 11 is 12.4. The lowest BCUT2D eigenvalue weighted by Crippen LogP contribution is -2.06. The van der Waals surface area contributed by atoms with Crippen LogP contribution in [0.15, 0.2) is 65.2 Å². The molecule has 0 aliphatic rings. The summed E-state index contributed by atoms with van der Waals surface area (Å²) in [4.78, 5) is 4.60. The quantitative estimate of drug-likeness (QED) is 0.479. The third-order valence-corrected chi connectivity index (χ3v) is 4.73. The number of nitrogens with zero attached hydrogens (tertiary/aromatic N) is 1. The second-order valence-electron chi connectivity index (χ2n) is 6.01. The van der Waals surface area contributed by atoms with Gasteiger partial charge in [0.05, 0.1) is 10.0 Å². The lowest BCUT2D eigenvalue weighted by Gasteiger charge is -2.16. The van der Waals surface area contributed by atoms with E-state index in [2.05, 4.69) is 55.2 Å². The molecule has 0 radical (unpaired) electrons. The molecule has 0 aliphatic heterocycles. The summed E-state index contributed by atoms with van der Waals surface area (Å²) in [5.41, 5.74) is 4.24. The minimum absolute atomic E-state index is 0.499. The van der Waals surface area contributed by atoms with Crippen molar-refractivity contribution in [3.63, 3.8) is 0 Å². The van der Waals surface area contributed by atoms with Gasteiger partial charge >= 0.3 is 0 Å². The van der Waals surface area contributed by atoms with E-state index in [0.717, 1.165) is 18.6 Å². The van der Waals surface area contributed by atoms with Crippen molar-refractivity contribution in [1.29, 1.82) is 0 Å². The molecule has 0 fully saturated rings. The SMILES string of the molecule is CCC(Cc1ccccc1)/C(C)=C\C(C)=Nc1c(Cl)cccc1Cl. The molecule has 0 spiro atoms. The van der Waals surface area contributed by atoms with Crippen molar-refractivity contribution in [3.8, 4) is 0 Å². The van der Waals surface area contributed by atoms with Gasteiger partial charge in [-0.25, -0.2) is 0 Å². The number of aliphatic imine (C=N–C) groups is 1. The molecule has 0 aliphatic carbocycles. The normalized spacial score (nSPS) is 13.9. The number of hydrogen-bond acceptors (Lipinski definition) is 1. The van der Waals surface area contributed by atoms with E-state index in [1.807, 2.05) is 13.0 Å². The summed E-state index contributed by atoms with van der Waals surface area (Å²) in [5, 5.41) is 1.15. The van der Waals surface area contributed by atoms with Crippen molar-refractivity contribution in [3.05, 3.63) is 75.8 Å². The van der Waals surface area contributed by atoms with E-state index in [-0.39, 0.29) is 0 Å². The Labute approximate surface area is 155 Å². The number of hydrogen-bond donors (Lipinski definition) is 0. The maximum atomic E-state index is 6.20. The van der Waals surface area contributed by atoms with E-state index >= 15 is 0 Å². The molecule has 2 aromatic carbocycles. The van der Waals surface area contributed by atoms with Crippen molar-refractivity contribution in [2.75, 3.05) is 0 Å². The van der Waals surface area contributed by atoms with Crippen LogP contribution in [0.4, 0.5) is 5.69 Å². The zero-order chi connectivity index (χ0) is 17.5. The predicted molar refractivity (Wildman–Crippen MR) is 107 cm³/mol. The number of para-hydroxylation sites is 1. The molecule has 1 nitrogen and oxygen atoms in total. The van der Waals surface area contributed by atoms with Crippen LogP contribution in [0.25, 0.3) is 0 Å². The van der Waals surface area contributed by atoms with Gasteiger partial charge in [-0.1, -0.05) is 72.1 Å². The topological polar surface area (TPSA) is 12.4 Å². The molecule has 1 unspecified atom stereocenters. The van der Waals surface area contributed by atoms with Crippen molar-refractivity contribution >= 4 is 34.6 Å². The van der Waals surface area contributed by atoms with Crippen molar-refractivity contribution in [1.82, 2.24) is 0 Å².